The number of hydrogen-bond donors (Lipinski definition) is 1. The largest absolute Gasteiger partial charge is 0.497 e. The van der Waals surface area contributed by atoms with Gasteiger partial charge >= 0.3 is 0 Å². The van der Waals surface area contributed by atoms with Crippen LogP contribution in [0.2, 0.25) is 0 Å². The summed E-state index contributed by atoms with van der Waals surface area (Å²) in [4.78, 5) is 11.5. The highest BCUT2D eigenvalue weighted by molar-refractivity contribution is 7.92. The van der Waals surface area contributed by atoms with Crippen molar-refractivity contribution in [2.24, 2.45) is 9.50 Å². The molecule has 2 N–H and O–H groups in total. The average molecular weight is 212 g/mol. The second-order valence-corrected chi connectivity index (χ2v) is 4.59. The predicted molar refractivity (Wildman–Crippen MR) is 50.3 cm³/mol. The Hall–Kier alpha value is -1.40. The highest BCUT2D eigenvalue weighted by Crippen LogP contribution is 2.27. The van der Waals surface area contributed by atoms with Gasteiger partial charge in [0.2, 0.25) is 0 Å². The molecule has 2 rings (SSSR count). The minimum Gasteiger partial charge on any atom is -0.497 e. The maximum absolute atomic E-state index is 11.6. The van der Waals surface area contributed by atoms with Crippen molar-refractivity contribution in [1.29, 1.82) is 0 Å². The molecule has 0 radical (unpaired) electrons. The van der Waals surface area contributed by atoms with Crippen LogP contribution in [0.3, 0.4) is 0 Å². The van der Waals surface area contributed by atoms with Crippen molar-refractivity contribution in [3.63, 3.8) is 0 Å². The lowest BCUT2D eigenvalue weighted by Gasteiger charge is -2.02. The predicted octanol–water partition coefficient (Wildman–Crippen LogP) is 0.550. The molecule has 1 aliphatic heterocycles. The van der Waals surface area contributed by atoms with E-state index < -0.39 is 15.8 Å². The van der Waals surface area contributed by atoms with Gasteiger partial charge in [0.25, 0.3) is 5.91 Å². The molecule has 0 bridgehead atoms. The topological polar surface area (TPSA) is 81.8 Å². The Morgan fingerprint density at radius 2 is 2.21 bits per heavy atom. The van der Waals surface area contributed by atoms with Crippen LogP contribution in [-0.2, 0) is 9.92 Å². The smallest absolute Gasteiger partial charge is 0.287 e. The molecular formula is C8H8N2O3S. The van der Waals surface area contributed by atoms with E-state index in [4.69, 9.17) is 9.88 Å². The Labute approximate surface area is 81.2 Å². The van der Waals surface area contributed by atoms with E-state index in [-0.39, 0.29) is 4.90 Å². The molecule has 6 heteroatoms. The third kappa shape index (κ3) is 1.19. The fourth-order valence-corrected chi connectivity index (χ4v) is 2.47. The molecule has 1 aliphatic rings. The van der Waals surface area contributed by atoms with Crippen molar-refractivity contribution < 1.29 is 13.7 Å². The number of amides is 1. The summed E-state index contributed by atoms with van der Waals surface area (Å²) in [5.41, 5.74) is 0.290. The summed E-state index contributed by atoms with van der Waals surface area (Å²) in [6.07, 6.45) is 0. The Bertz CT molecular complexity index is 529. The number of fused-ring (bicyclic) bond motifs is 1. The van der Waals surface area contributed by atoms with Gasteiger partial charge in [0.05, 0.1) is 17.6 Å². The molecule has 1 aromatic rings. The van der Waals surface area contributed by atoms with Crippen LogP contribution < -0.4 is 9.88 Å². The van der Waals surface area contributed by atoms with E-state index >= 15 is 0 Å². The molecule has 0 saturated carbocycles. The Morgan fingerprint density at radius 1 is 1.50 bits per heavy atom. The number of rotatable bonds is 1. The maximum atomic E-state index is 11.6. The molecule has 0 aliphatic carbocycles. The second-order valence-electron chi connectivity index (χ2n) is 2.83. The lowest BCUT2D eigenvalue weighted by Crippen LogP contribution is -2.09. The van der Waals surface area contributed by atoms with Crippen molar-refractivity contribution in [3.05, 3.63) is 23.8 Å². The summed E-state index contributed by atoms with van der Waals surface area (Å²) in [5, 5.41) is 5.39. The summed E-state index contributed by atoms with van der Waals surface area (Å²) in [7, 11) is -1.56. The number of carbonyl (C=O) groups excluding carboxylic acids is 1. The van der Waals surface area contributed by atoms with Crippen LogP contribution in [0.15, 0.2) is 27.5 Å². The fourth-order valence-electron chi connectivity index (χ4n) is 1.27. The first-order valence-corrected chi connectivity index (χ1v) is 5.40. The molecule has 0 fully saturated rings. The van der Waals surface area contributed by atoms with E-state index in [1.807, 2.05) is 0 Å². The molecule has 1 atom stereocenters. The van der Waals surface area contributed by atoms with Crippen LogP contribution in [0.5, 0.6) is 5.75 Å². The summed E-state index contributed by atoms with van der Waals surface area (Å²) < 4.78 is 19.9. The van der Waals surface area contributed by atoms with Gasteiger partial charge in [-0.1, -0.05) is 0 Å². The Morgan fingerprint density at radius 3 is 2.86 bits per heavy atom. The molecule has 1 unspecified atom stereocenters. The van der Waals surface area contributed by atoms with Crippen molar-refractivity contribution in [1.82, 2.24) is 0 Å². The SMILES string of the molecule is COc1ccc2c(c1)S(N)(=O)=NC2=O. The number of nitrogens with zero attached hydrogens (tertiary/aromatic N) is 1. The number of benzene rings is 1. The third-order valence-corrected chi connectivity index (χ3v) is 3.36. The fraction of sp³-hybridized carbons (Fsp3) is 0.125. The van der Waals surface area contributed by atoms with Crippen LogP contribution in [0.4, 0.5) is 0 Å². The second kappa shape index (κ2) is 2.79. The summed E-state index contributed by atoms with van der Waals surface area (Å²) >= 11 is 0. The molecule has 1 aromatic carbocycles. The lowest BCUT2D eigenvalue weighted by atomic mass is 10.2. The van der Waals surface area contributed by atoms with Gasteiger partial charge in [0.15, 0.2) is 0 Å². The van der Waals surface area contributed by atoms with Crippen LogP contribution >= 0.6 is 0 Å². The van der Waals surface area contributed by atoms with Crippen LogP contribution in [0.1, 0.15) is 10.4 Å². The Balaban J connectivity index is 2.74. The summed E-state index contributed by atoms with van der Waals surface area (Å²) in [6, 6.07) is 4.60. The van der Waals surface area contributed by atoms with E-state index in [0.29, 0.717) is 11.3 Å². The van der Waals surface area contributed by atoms with E-state index in [9.17, 15) is 9.00 Å². The first-order chi connectivity index (χ1) is 6.54. The molecule has 74 valence electrons. The molecule has 1 heterocycles. The molecule has 0 aromatic heterocycles. The molecule has 0 spiro atoms. The van der Waals surface area contributed by atoms with E-state index in [1.54, 1.807) is 6.07 Å². The van der Waals surface area contributed by atoms with Crippen LogP contribution in [0, 0.1) is 0 Å². The van der Waals surface area contributed by atoms with Gasteiger partial charge < -0.3 is 4.74 Å². The first kappa shape index (κ1) is 9.17. The number of methoxy groups -OCH3 is 1. The maximum Gasteiger partial charge on any atom is 0.287 e. The number of nitrogens with two attached hydrogens (primary N) is 1. The molecular weight excluding hydrogens is 204 g/mol. The highest BCUT2D eigenvalue weighted by Gasteiger charge is 2.26. The zero-order valence-electron chi connectivity index (χ0n) is 7.39. The number of hydrogen-bond acceptors (Lipinski definition) is 3. The van der Waals surface area contributed by atoms with E-state index in [1.165, 1.54) is 19.2 Å². The van der Waals surface area contributed by atoms with Crippen molar-refractivity contribution in [2.75, 3.05) is 7.11 Å². The Kier molecular flexibility index (Phi) is 1.83. The lowest BCUT2D eigenvalue weighted by molar-refractivity contribution is 0.101. The quantitative estimate of drug-likeness (QED) is 0.738. The normalized spacial score (nSPS) is 24.3. The molecule has 5 nitrogen and oxygen atoms in total. The monoisotopic (exact) mass is 212 g/mol. The third-order valence-electron chi connectivity index (χ3n) is 1.95. The first-order valence-electron chi connectivity index (χ1n) is 3.82. The standard InChI is InChI=1S/C8H8N2O3S/c1-13-5-2-3-6-7(4-5)14(9,12)10-8(6)11/h2-4H,1H3,(H2,9,10,11,12). The van der Waals surface area contributed by atoms with Gasteiger partial charge in [0, 0.05) is 0 Å². The summed E-state index contributed by atoms with van der Waals surface area (Å²) in [5.74, 6) is -0.0259. The van der Waals surface area contributed by atoms with Crippen molar-refractivity contribution in [3.8, 4) is 5.75 Å². The van der Waals surface area contributed by atoms with E-state index in [0.717, 1.165) is 0 Å². The summed E-state index contributed by atoms with van der Waals surface area (Å²) in [6.45, 7) is 0. The minimum absolute atomic E-state index is 0.252. The molecule has 0 saturated heterocycles. The van der Waals surface area contributed by atoms with Gasteiger partial charge in [-0.05, 0) is 18.2 Å². The van der Waals surface area contributed by atoms with Gasteiger partial charge in [-0.3, -0.25) is 4.79 Å². The molecule has 14 heavy (non-hydrogen) atoms. The van der Waals surface area contributed by atoms with Crippen LogP contribution in [-0.4, -0.2) is 17.2 Å². The van der Waals surface area contributed by atoms with Gasteiger partial charge in [0.1, 0.15) is 15.7 Å². The van der Waals surface area contributed by atoms with Gasteiger partial charge in [-0.25, -0.2) is 9.35 Å². The zero-order valence-corrected chi connectivity index (χ0v) is 8.21. The number of carbonyl (C=O) groups is 1. The minimum atomic E-state index is -3.04. The van der Waals surface area contributed by atoms with E-state index in [2.05, 4.69) is 4.36 Å². The van der Waals surface area contributed by atoms with Gasteiger partial charge in [-0.2, -0.15) is 0 Å². The highest BCUT2D eigenvalue weighted by atomic mass is 32.2. The van der Waals surface area contributed by atoms with Crippen molar-refractivity contribution >= 4 is 15.8 Å². The van der Waals surface area contributed by atoms with Crippen molar-refractivity contribution in [2.45, 2.75) is 4.90 Å². The number of ether oxygens (including phenoxy) is 1. The van der Waals surface area contributed by atoms with Gasteiger partial charge in [-0.15, -0.1) is 4.36 Å². The molecule has 1 amide bonds. The zero-order chi connectivity index (χ0) is 10.3. The van der Waals surface area contributed by atoms with Crippen LogP contribution in [0.25, 0.3) is 0 Å². The average Bonchev–Trinajstić information content (AvgIpc) is 2.37.